The maximum atomic E-state index is 12.7. The number of furan rings is 1. The van der Waals surface area contributed by atoms with Gasteiger partial charge in [-0.2, -0.15) is 0 Å². The van der Waals surface area contributed by atoms with Crippen LogP contribution in [0.25, 0.3) is 17.4 Å². The van der Waals surface area contributed by atoms with Crippen LogP contribution in [0, 0.1) is 6.92 Å². The van der Waals surface area contributed by atoms with Gasteiger partial charge in [-0.3, -0.25) is 4.79 Å². The number of anilines is 1. The predicted octanol–water partition coefficient (Wildman–Crippen LogP) is 4.79. The Morgan fingerprint density at radius 3 is 2.65 bits per heavy atom. The van der Waals surface area contributed by atoms with E-state index in [0.717, 1.165) is 16.0 Å². The van der Waals surface area contributed by atoms with E-state index in [1.54, 1.807) is 48.5 Å². The molecule has 4 rings (SSSR count). The molecule has 3 amide bonds. The summed E-state index contributed by atoms with van der Waals surface area (Å²) in [5, 5.41) is 2.97. The fourth-order valence-electron chi connectivity index (χ4n) is 3.29. The second-order valence-corrected chi connectivity index (χ2v) is 7.27. The Morgan fingerprint density at radius 1 is 1.13 bits per heavy atom. The first-order valence-electron chi connectivity index (χ1n) is 9.29. The van der Waals surface area contributed by atoms with Crippen LogP contribution >= 0.6 is 11.6 Å². The van der Waals surface area contributed by atoms with Crippen molar-refractivity contribution < 1.29 is 23.5 Å². The van der Waals surface area contributed by atoms with Gasteiger partial charge in [-0.05, 0) is 55.0 Å². The van der Waals surface area contributed by atoms with Gasteiger partial charge in [-0.15, -0.1) is 0 Å². The van der Waals surface area contributed by atoms with E-state index in [-0.39, 0.29) is 5.70 Å². The van der Waals surface area contributed by atoms with Crippen molar-refractivity contribution in [1.82, 2.24) is 5.32 Å². The number of imide groups is 1. The molecule has 1 fully saturated rings. The zero-order chi connectivity index (χ0) is 22.1. The smallest absolute Gasteiger partial charge is 0.337 e. The highest BCUT2D eigenvalue weighted by atomic mass is 35.5. The first kappa shape index (κ1) is 20.4. The summed E-state index contributed by atoms with van der Waals surface area (Å²) >= 11 is 5.97. The topological polar surface area (TPSA) is 88.9 Å². The number of hydrogen-bond donors (Lipinski definition) is 1. The van der Waals surface area contributed by atoms with Crippen molar-refractivity contribution in [3.05, 3.63) is 82.2 Å². The van der Waals surface area contributed by atoms with Crippen LogP contribution in [-0.2, 0) is 9.53 Å². The normalized spacial score (nSPS) is 14.8. The summed E-state index contributed by atoms with van der Waals surface area (Å²) in [7, 11) is 1.33. The average Bonchev–Trinajstić information content (AvgIpc) is 3.31. The number of nitrogens with zero attached hydrogens (tertiary/aromatic N) is 1. The molecule has 1 N–H and O–H groups in total. The van der Waals surface area contributed by atoms with Crippen molar-refractivity contribution in [1.29, 1.82) is 0 Å². The molecule has 0 unspecified atom stereocenters. The summed E-state index contributed by atoms with van der Waals surface area (Å²) in [5.74, 6) is 0.0235. The van der Waals surface area contributed by atoms with E-state index in [0.29, 0.717) is 27.8 Å². The Balaban J connectivity index is 1.60. The number of esters is 1. The molecular formula is C23H17ClN2O5. The first-order valence-corrected chi connectivity index (χ1v) is 9.67. The number of amides is 3. The molecule has 0 radical (unpaired) electrons. The molecule has 0 bridgehead atoms. The van der Waals surface area contributed by atoms with Crippen LogP contribution in [0.15, 0.2) is 64.7 Å². The Labute approximate surface area is 182 Å². The van der Waals surface area contributed by atoms with E-state index in [9.17, 15) is 14.4 Å². The fourth-order valence-corrected chi connectivity index (χ4v) is 3.47. The number of halogens is 1. The van der Waals surface area contributed by atoms with Gasteiger partial charge in [0.2, 0.25) is 0 Å². The van der Waals surface area contributed by atoms with E-state index in [2.05, 4.69) is 5.32 Å². The highest BCUT2D eigenvalue weighted by molar-refractivity contribution is 6.32. The van der Waals surface area contributed by atoms with Crippen molar-refractivity contribution in [3.63, 3.8) is 0 Å². The van der Waals surface area contributed by atoms with Crippen molar-refractivity contribution >= 4 is 41.3 Å². The molecule has 0 saturated carbocycles. The minimum Gasteiger partial charge on any atom is -0.465 e. The second kappa shape index (κ2) is 8.12. The lowest BCUT2D eigenvalue weighted by atomic mass is 10.0. The minimum atomic E-state index is -0.570. The lowest BCUT2D eigenvalue weighted by Gasteiger charge is -2.11. The number of carbonyl (C=O) groups is 3. The van der Waals surface area contributed by atoms with Crippen LogP contribution in [0.1, 0.15) is 21.7 Å². The van der Waals surface area contributed by atoms with Crippen LogP contribution in [0.5, 0.6) is 0 Å². The Hall–Kier alpha value is -3.84. The van der Waals surface area contributed by atoms with Crippen LogP contribution in [-0.4, -0.2) is 25.0 Å². The number of carbonyl (C=O) groups excluding carboxylic acids is 3. The zero-order valence-electron chi connectivity index (χ0n) is 16.6. The summed E-state index contributed by atoms with van der Waals surface area (Å²) in [6.07, 6.45) is 1.46. The lowest BCUT2D eigenvalue weighted by Crippen LogP contribution is -2.30. The standard InChI is InChI=1S/C23H17ClN2O5/c1-13-10-14(22(28)30-2)6-8-18(13)20-9-7-17(31-20)12-19-21(27)26(23(29)25-19)16-5-3-4-15(24)11-16/h3-12H,1-2H3,(H,25,29)/b19-12+. The lowest BCUT2D eigenvalue weighted by molar-refractivity contribution is -0.113. The average molecular weight is 437 g/mol. The number of ether oxygens (including phenoxy) is 1. The number of nitrogens with one attached hydrogen (secondary N) is 1. The zero-order valence-corrected chi connectivity index (χ0v) is 17.4. The van der Waals surface area contributed by atoms with E-state index in [4.69, 9.17) is 20.8 Å². The molecular weight excluding hydrogens is 420 g/mol. The molecule has 1 aliphatic rings. The maximum Gasteiger partial charge on any atom is 0.337 e. The Bertz CT molecular complexity index is 1240. The van der Waals surface area contributed by atoms with Gasteiger partial charge >= 0.3 is 12.0 Å². The third-order valence-electron chi connectivity index (χ3n) is 4.77. The first-order chi connectivity index (χ1) is 14.9. The van der Waals surface area contributed by atoms with E-state index in [1.165, 1.54) is 19.3 Å². The number of rotatable bonds is 4. The van der Waals surface area contributed by atoms with Crippen LogP contribution in [0.4, 0.5) is 10.5 Å². The van der Waals surface area contributed by atoms with Gasteiger partial charge in [0.25, 0.3) is 5.91 Å². The molecule has 3 aromatic rings. The SMILES string of the molecule is COC(=O)c1ccc(-c2ccc(/C=C3/NC(=O)N(c4cccc(Cl)c4)C3=O)o2)c(C)c1. The highest BCUT2D eigenvalue weighted by Gasteiger charge is 2.35. The number of aryl methyl sites for hydroxylation is 1. The van der Waals surface area contributed by atoms with Gasteiger partial charge < -0.3 is 14.5 Å². The molecule has 31 heavy (non-hydrogen) atoms. The monoisotopic (exact) mass is 436 g/mol. The number of methoxy groups -OCH3 is 1. The number of hydrogen-bond acceptors (Lipinski definition) is 5. The van der Waals surface area contributed by atoms with Crippen molar-refractivity contribution in [2.24, 2.45) is 0 Å². The van der Waals surface area contributed by atoms with E-state index in [1.807, 2.05) is 6.92 Å². The molecule has 8 heteroatoms. The van der Waals surface area contributed by atoms with Gasteiger partial charge in [0.1, 0.15) is 17.2 Å². The second-order valence-electron chi connectivity index (χ2n) is 6.83. The molecule has 2 heterocycles. The predicted molar refractivity (Wildman–Crippen MR) is 116 cm³/mol. The molecule has 7 nitrogen and oxygen atoms in total. The van der Waals surface area contributed by atoms with Gasteiger partial charge in [0.05, 0.1) is 18.4 Å². The maximum absolute atomic E-state index is 12.7. The largest absolute Gasteiger partial charge is 0.465 e. The minimum absolute atomic E-state index is 0.0867. The third-order valence-corrected chi connectivity index (χ3v) is 5.01. The van der Waals surface area contributed by atoms with Crippen molar-refractivity contribution in [3.8, 4) is 11.3 Å². The summed E-state index contributed by atoms with van der Waals surface area (Å²) in [4.78, 5) is 37.8. The van der Waals surface area contributed by atoms with Crippen molar-refractivity contribution in [2.45, 2.75) is 6.92 Å². The molecule has 0 aliphatic carbocycles. The summed E-state index contributed by atoms with van der Waals surface area (Å²) in [5.41, 5.74) is 2.52. The number of urea groups is 1. The van der Waals surface area contributed by atoms with Crippen LogP contribution in [0.3, 0.4) is 0 Å². The van der Waals surface area contributed by atoms with E-state index < -0.39 is 17.9 Å². The fraction of sp³-hybridized carbons (Fsp3) is 0.0870. The van der Waals surface area contributed by atoms with Crippen LogP contribution in [0.2, 0.25) is 5.02 Å². The van der Waals surface area contributed by atoms with Crippen LogP contribution < -0.4 is 10.2 Å². The summed E-state index contributed by atoms with van der Waals surface area (Å²) in [6.45, 7) is 1.85. The van der Waals surface area contributed by atoms with Gasteiger partial charge in [0, 0.05) is 16.7 Å². The van der Waals surface area contributed by atoms with Gasteiger partial charge in [-0.25, -0.2) is 14.5 Å². The molecule has 1 aliphatic heterocycles. The third kappa shape index (κ3) is 3.95. The quantitative estimate of drug-likeness (QED) is 0.361. The molecule has 0 atom stereocenters. The highest BCUT2D eigenvalue weighted by Crippen LogP contribution is 2.29. The Morgan fingerprint density at radius 2 is 1.94 bits per heavy atom. The summed E-state index contributed by atoms with van der Waals surface area (Å²) < 4.78 is 10.6. The molecule has 2 aromatic carbocycles. The number of benzene rings is 2. The molecule has 1 saturated heterocycles. The van der Waals surface area contributed by atoms with Gasteiger partial charge in [0.15, 0.2) is 0 Å². The summed E-state index contributed by atoms with van der Waals surface area (Å²) in [6, 6.07) is 14.5. The molecule has 0 spiro atoms. The van der Waals surface area contributed by atoms with E-state index >= 15 is 0 Å². The molecule has 156 valence electrons. The molecule has 1 aromatic heterocycles. The van der Waals surface area contributed by atoms with Crippen molar-refractivity contribution in [2.75, 3.05) is 12.0 Å². The Kier molecular flexibility index (Phi) is 5.35. The van der Waals surface area contributed by atoms with Gasteiger partial charge in [-0.1, -0.05) is 23.7 Å².